The molecule has 0 heterocycles. The quantitative estimate of drug-likeness (QED) is 0.566. The highest BCUT2D eigenvalue weighted by atomic mass is 32.2. The highest BCUT2D eigenvalue weighted by Crippen LogP contribution is 2.04. The van der Waals surface area contributed by atoms with Crippen LogP contribution in [0, 0.1) is 5.92 Å². The maximum absolute atomic E-state index is 11.9. The van der Waals surface area contributed by atoms with Crippen LogP contribution in [0.3, 0.4) is 0 Å². The van der Waals surface area contributed by atoms with Gasteiger partial charge in [-0.3, -0.25) is 0 Å². The minimum Gasteiger partial charge on any atom is -0.544 e. The van der Waals surface area contributed by atoms with E-state index in [2.05, 4.69) is 0 Å². The number of rotatable bonds is 8. The molecule has 0 bridgehead atoms. The third-order valence-corrected chi connectivity index (χ3v) is 4.79. The smallest absolute Gasteiger partial charge is 0.369 e. The number of nitrogens with zero attached hydrogens (tertiary/aromatic N) is 1. The third-order valence-electron chi connectivity index (χ3n) is 2.91. The molecule has 0 amide bonds. The molecule has 6 nitrogen and oxygen atoms in total. The van der Waals surface area contributed by atoms with Gasteiger partial charge in [0, 0.05) is 19.0 Å². The zero-order chi connectivity index (χ0) is 13.6. The Morgan fingerprint density at radius 1 is 1.29 bits per heavy atom. The Hall–Kier alpha value is -0.660. The molecule has 0 aliphatic carbocycles. The molecule has 0 radical (unpaired) electrons. The molecular formula is C10H22N2O4S. The van der Waals surface area contributed by atoms with Gasteiger partial charge in [-0.25, -0.2) is 4.72 Å². The van der Waals surface area contributed by atoms with Gasteiger partial charge in [0.25, 0.3) is 0 Å². The van der Waals surface area contributed by atoms with Crippen LogP contribution in [-0.2, 0) is 15.0 Å². The second kappa shape index (κ2) is 6.93. The molecule has 0 aromatic heterocycles. The number of carbonyl (C=O) groups excluding carboxylic acids is 1. The second-order valence-electron chi connectivity index (χ2n) is 4.00. The highest BCUT2D eigenvalue weighted by Gasteiger charge is 2.30. The van der Waals surface area contributed by atoms with Crippen LogP contribution in [0.5, 0.6) is 0 Å². The maximum atomic E-state index is 11.9. The van der Waals surface area contributed by atoms with E-state index in [0.29, 0.717) is 19.5 Å². The molecule has 0 spiro atoms. The monoisotopic (exact) mass is 266 g/mol. The van der Waals surface area contributed by atoms with Crippen LogP contribution in [0.1, 0.15) is 34.1 Å². The largest absolute Gasteiger partial charge is 0.544 e. The molecule has 0 aliphatic heterocycles. The van der Waals surface area contributed by atoms with Crippen molar-refractivity contribution in [3.05, 3.63) is 0 Å². The fraction of sp³-hybridized carbons (Fsp3) is 0.900. The Morgan fingerprint density at radius 3 is 2.06 bits per heavy atom. The van der Waals surface area contributed by atoms with Crippen LogP contribution in [0.4, 0.5) is 0 Å². The fourth-order valence-electron chi connectivity index (χ4n) is 1.53. The lowest BCUT2D eigenvalue weighted by atomic mass is 10.0. The normalized spacial score (nSPS) is 15.8. The molecule has 0 rings (SSSR count). The van der Waals surface area contributed by atoms with Gasteiger partial charge < -0.3 is 9.90 Å². The Labute approximate surface area is 103 Å². The minimum absolute atomic E-state index is 0.259. The summed E-state index contributed by atoms with van der Waals surface area (Å²) >= 11 is 0. The van der Waals surface area contributed by atoms with Gasteiger partial charge >= 0.3 is 10.2 Å². The number of carboxylic acid groups (broad SMARTS) is 1. The molecule has 17 heavy (non-hydrogen) atoms. The van der Waals surface area contributed by atoms with Gasteiger partial charge in [-0.15, -0.1) is 0 Å². The summed E-state index contributed by atoms with van der Waals surface area (Å²) in [5.41, 5.74) is 0. The molecular weight excluding hydrogens is 244 g/mol. The molecule has 102 valence electrons. The first kappa shape index (κ1) is 16.3. The molecule has 2 atom stereocenters. The van der Waals surface area contributed by atoms with Crippen molar-refractivity contribution in [3.63, 3.8) is 0 Å². The van der Waals surface area contributed by atoms with Crippen LogP contribution in [0.15, 0.2) is 0 Å². The van der Waals surface area contributed by atoms with E-state index in [-0.39, 0.29) is 5.92 Å². The fourth-order valence-corrected chi connectivity index (χ4v) is 3.17. The Bertz CT molecular complexity index is 338. The summed E-state index contributed by atoms with van der Waals surface area (Å²) in [7, 11) is -3.63. The predicted octanol–water partition coefficient (Wildman–Crippen LogP) is -1.70. The number of hydrogen-bond donors (Lipinski definition) is 1. The topological polar surface area (TPSA) is 94.1 Å². The van der Waals surface area contributed by atoms with Crippen molar-refractivity contribution < 1.29 is 23.0 Å². The molecule has 0 unspecified atom stereocenters. The van der Waals surface area contributed by atoms with Gasteiger partial charge in [0.1, 0.15) is 12.0 Å². The van der Waals surface area contributed by atoms with E-state index >= 15 is 0 Å². The summed E-state index contributed by atoms with van der Waals surface area (Å²) in [4.78, 5) is 11.0. The average molecular weight is 266 g/mol. The zero-order valence-electron chi connectivity index (χ0n) is 10.8. The summed E-state index contributed by atoms with van der Waals surface area (Å²) in [6, 6.07) is -1.06. The van der Waals surface area contributed by atoms with Crippen molar-refractivity contribution in [1.29, 1.82) is 0 Å². The number of carbonyl (C=O) groups is 1. The maximum Gasteiger partial charge on any atom is 0.369 e. The lowest BCUT2D eigenvalue weighted by molar-refractivity contribution is -0.552. The van der Waals surface area contributed by atoms with E-state index in [1.165, 1.54) is 4.31 Å². The summed E-state index contributed by atoms with van der Waals surface area (Å²) < 4.78 is 25.9. The predicted molar refractivity (Wildman–Crippen MR) is 62.0 cm³/mol. The number of nitrogens with two attached hydrogens (primary N) is 1. The standard InChI is InChI=1S/C10H22N2O4S/c1-5-8(4)9(10(13)14)11-17(15,16)12(6-2)7-3/h8-9,11H,5-7H2,1-4H3,(H,13,14)/t8-,9-/m0/s1. The van der Waals surface area contributed by atoms with E-state index in [1.807, 2.05) is 6.92 Å². The van der Waals surface area contributed by atoms with Crippen molar-refractivity contribution in [2.24, 2.45) is 5.92 Å². The molecule has 0 saturated carbocycles. The Kier molecular flexibility index (Phi) is 6.66. The van der Waals surface area contributed by atoms with E-state index < -0.39 is 22.2 Å². The van der Waals surface area contributed by atoms with Gasteiger partial charge in [0.05, 0.1) is 0 Å². The van der Waals surface area contributed by atoms with E-state index in [9.17, 15) is 18.3 Å². The lowest BCUT2D eigenvalue weighted by Gasteiger charge is -2.24. The second-order valence-corrected chi connectivity index (χ2v) is 5.81. The summed E-state index contributed by atoms with van der Waals surface area (Å²) in [5, 5.41) is 11.0. The molecule has 0 saturated heterocycles. The summed E-state index contributed by atoms with van der Waals surface area (Å²) in [6.07, 6.45) is 0.586. The molecule has 0 aromatic carbocycles. The number of carboxylic acids is 1. The van der Waals surface area contributed by atoms with E-state index in [4.69, 9.17) is 0 Å². The van der Waals surface area contributed by atoms with Crippen LogP contribution in [0.2, 0.25) is 0 Å². The van der Waals surface area contributed by atoms with Crippen LogP contribution in [-0.4, -0.2) is 37.8 Å². The van der Waals surface area contributed by atoms with Gasteiger partial charge in [-0.05, 0) is 6.42 Å². The van der Waals surface area contributed by atoms with Gasteiger partial charge in [-0.1, -0.05) is 27.7 Å². The van der Waals surface area contributed by atoms with Crippen molar-refractivity contribution in [2.45, 2.75) is 40.2 Å². The molecule has 7 heteroatoms. The van der Waals surface area contributed by atoms with Crippen molar-refractivity contribution in [1.82, 2.24) is 4.31 Å². The zero-order valence-corrected chi connectivity index (χ0v) is 11.7. The van der Waals surface area contributed by atoms with Gasteiger partial charge in [-0.2, -0.15) is 12.7 Å². The molecule has 2 N–H and O–H groups in total. The molecule has 0 aromatic rings. The minimum atomic E-state index is -3.63. The first-order valence-electron chi connectivity index (χ1n) is 5.85. The summed E-state index contributed by atoms with van der Waals surface area (Å²) in [5.74, 6) is -1.60. The number of quaternary nitrogens is 1. The van der Waals surface area contributed by atoms with Crippen molar-refractivity contribution >= 4 is 16.2 Å². The van der Waals surface area contributed by atoms with Gasteiger partial charge in [0.15, 0.2) is 0 Å². The van der Waals surface area contributed by atoms with Crippen LogP contribution in [0.25, 0.3) is 0 Å². The van der Waals surface area contributed by atoms with Crippen LogP contribution >= 0.6 is 0 Å². The number of hydrogen-bond acceptors (Lipinski definition) is 4. The third kappa shape index (κ3) is 4.61. The Balaban J connectivity index is 4.93. The van der Waals surface area contributed by atoms with E-state index in [1.54, 1.807) is 20.8 Å². The van der Waals surface area contributed by atoms with E-state index in [0.717, 1.165) is 4.72 Å². The van der Waals surface area contributed by atoms with Crippen molar-refractivity contribution in [3.8, 4) is 0 Å². The van der Waals surface area contributed by atoms with Crippen LogP contribution < -0.4 is 9.83 Å². The first-order valence-corrected chi connectivity index (χ1v) is 7.36. The number of aliphatic carboxylic acids is 1. The molecule has 0 aliphatic rings. The van der Waals surface area contributed by atoms with Crippen molar-refractivity contribution in [2.75, 3.05) is 13.1 Å². The average Bonchev–Trinajstić information content (AvgIpc) is 2.25. The summed E-state index contributed by atoms with van der Waals surface area (Å²) in [6.45, 7) is 7.61. The molecule has 0 fully saturated rings. The Morgan fingerprint density at radius 2 is 1.76 bits per heavy atom. The highest BCUT2D eigenvalue weighted by molar-refractivity contribution is 7.82. The van der Waals surface area contributed by atoms with Gasteiger partial charge in [0.2, 0.25) is 0 Å². The SMILES string of the molecule is CC[C@H](C)[C@H]([NH2+]S(=O)(=O)N(CC)CC)C(=O)[O-]. The first-order chi connectivity index (χ1) is 7.80. The lowest BCUT2D eigenvalue weighted by Crippen LogP contribution is -2.98.